The minimum Gasteiger partial charge on any atom is -0.388 e. The number of hydrogen-bond acceptors (Lipinski definition) is 2. The van der Waals surface area contributed by atoms with Gasteiger partial charge in [-0.1, -0.05) is 15.9 Å². The Bertz CT molecular complexity index is 349. The molecule has 1 aromatic rings. The average molecular weight is 276 g/mol. The lowest BCUT2D eigenvalue weighted by molar-refractivity contribution is 0.0648. The SMILES string of the molecule is CC(Nc1cc(Br)ccc1F)C(C)(C)O. The maximum absolute atomic E-state index is 13.4. The van der Waals surface area contributed by atoms with Crippen molar-refractivity contribution in [2.75, 3.05) is 5.32 Å². The molecule has 1 atom stereocenters. The van der Waals surface area contributed by atoms with E-state index in [4.69, 9.17) is 0 Å². The van der Waals surface area contributed by atoms with E-state index in [1.807, 2.05) is 0 Å². The van der Waals surface area contributed by atoms with Crippen LogP contribution in [0.15, 0.2) is 22.7 Å². The number of nitrogens with one attached hydrogen (secondary N) is 1. The van der Waals surface area contributed by atoms with Gasteiger partial charge in [0.15, 0.2) is 0 Å². The zero-order chi connectivity index (χ0) is 11.6. The van der Waals surface area contributed by atoms with Crippen molar-refractivity contribution >= 4 is 21.6 Å². The smallest absolute Gasteiger partial charge is 0.146 e. The molecule has 2 N–H and O–H groups in total. The summed E-state index contributed by atoms with van der Waals surface area (Å²) in [6, 6.07) is 4.43. The van der Waals surface area contributed by atoms with E-state index < -0.39 is 5.60 Å². The second-order valence-electron chi connectivity index (χ2n) is 4.14. The van der Waals surface area contributed by atoms with E-state index in [2.05, 4.69) is 21.2 Å². The first-order chi connectivity index (χ1) is 6.80. The van der Waals surface area contributed by atoms with Crippen LogP contribution in [0.1, 0.15) is 20.8 Å². The third-order valence-electron chi connectivity index (χ3n) is 2.36. The minimum absolute atomic E-state index is 0.235. The molecule has 0 aliphatic heterocycles. The first-order valence-electron chi connectivity index (χ1n) is 4.74. The summed E-state index contributed by atoms with van der Waals surface area (Å²) in [4.78, 5) is 0. The van der Waals surface area contributed by atoms with Gasteiger partial charge >= 0.3 is 0 Å². The van der Waals surface area contributed by atoms with E-state index in [-0.39, 0.29) is 11.9 Å². The highest BCUT2D eigenvalue weighted by molar-refractivity contribution is 9.10. The molecule has 0 spiro atoms. The molecule has 0 aromatic heterocycles. The van der Waals surface area contributed by atoms with Crippen molar-refractivity contribution in [3.8, 4) is 0 Å². The van der Waals surface area contributed by atoms with Crippen molar-refractivity contribution in [1.82, 2.24) is 0 Å². The summed E-state index contributed by atoms with van der Waals surface area (Å²) in [6.07, 6.45) is 0. The van der Waals surface area contributed by atoms with Crippen LogP contribution in [0.3, 0.4) is 0 Å². The highest BCUT2D eigenvalue weighted by atomic mass is 79.9. The Morgan fingerprint density at radius 3 is 2.60 bits per heavy atom. The van der Waals surface area contributed by atoms with E-state index in [0.29, 0.717) is 5.69 Å². The zero-order valence-corrected chi connectivity index (χ0v) is 10.6. The summed E-state index contributed by atoms with van der Waals surface area (Å²) in [5, 5.41) is 12.6. The standard InChI is InChI=1S/C11H15BrFNO/c1-7(11(2,3)15)14-10-6-8(12)4-5-9(10)13/h4-7,14-15H,1-3H3. The molecule has 2 nitrogen and oxygen atoms in total. The number of halogens is 2. The van der Waals surface area contributed by atoms with Crippen LogP contribution in [0.4, 0.5) is 10.1 Å². The molecular weight excluding hydrogens is 261 g/mol. The lowest BCUT2D eigenvalue weighted by Gasteiger charge is -2.27. The number of benzene rings is 1. The predicted octanol–water partition coefficient (Wildman–Crippen LogP) is 3.16. The summed E-state index contributed by atoms with van der Waals surface area (Å²) in [7, 11) is 0. The van der Waals surface area contributed by atoms with Gasteiger partial charge in [0, 0.05) is 4.47 Å². The Balaban J connectivity index is 2.85. The number of aliphatic hydroxyl groups is 1. The van der Waals surface area contributed by atoms with Gasteiger partial charge in [-0.15, -0.1) is 0 Å². The van der Waals surface area contributed by atoms with Crippen LogP contribution in [0, 0.1) is 5.82 Å². The molecule has 0 aliphatic carbocycles. The molecule has 1 aromatic carbocycles. The molecule has 0 saturated carbocycles. The van der Waals surface area contributed by atoms with Crippen molar-refractivity contribution in [3.63, 3.8) is 0 Å². The lowest BCUT2D eigenvalue weighted by atomic mass is 10.0. The Kier molecular flexibility index (Phi) is 3.73. The topological polar surface area (TPSA) is 32.3 Å². The highest BCUT2D eigenvalue weighted by Crippen LogP contribution is 2.22. The molecule has 4 heteroatoms. The maximum atomic E-state index is 13.4. The van der Waals surface area contributed by atoms with E-state index in [0.717, 1.165) is 4.47 Å². The number of hydrogen-bond donors (Lipinski definition) is 2. The van der Waals surface area contributed by atoms with Crippen molar-refractivity contribution in [3.05, 3.63) is 28.5 Å². The van der Waals surface area contributed by atoms with Crippen LogP contribution < -0.4 is 5.32 Å². The summed E-state index contributed by atoms with van der Waals surface area (Å²) in [5.74, 6) is -0.325. The first-order valence-corrected chi connectivity index (χ1v) is 5.54. The monoisotopic (exact) mass is 275 g/mol. The lowest BCUT2D eigenvalue weighted by Crippen LogP contribution is -2.39. The van der Waals surface area contributed by atoms with Gasteiger partial charge in [-0.3, -0.25) is 0 Å². The van der Waals surface area contributed by atoms with Gasteiger partial charge in [0.05, 0.1) is 17.3 Å². The molecule has 0 radical (unpaired) electrons. The van der Waals surface area contributed by atoms with E-state index in [9.17, 15) is 9.50 Å². The maximum Gasteiger partial charge on any atom is 0.146 e. The molecule has 15 heavy (non-hydrogen) atoms. The van der Waals surface area contributed by atoms with Crippen LogP contribution in [-0.4, -0.2) is 16.7 Å². The van der Waals surface area contributed by atoms with Gasteiger partial charge in [0.2, 0.25) is 0 Å². The van der Waals surface area contributed by atoms with Crippen molar-refractivity contribution < 1.29 is 9.50 Å². The normalized spacial score (nSPS) is 13.7. The third-order valence-corrected chi connectivity index (χ3v) is 2.85. The molecule has 1 rings (SSSR count). The number of rotatable bonds is 3. The van der Waals surface area contributed by atoms with Gasteiger partial charge in [0.25, 0.3) is 0 Å². The van der Waals surface area contributed by atoms with Crippen LogP contribution in [0.2, 0.25) is 0 Å². The molecule has 84 valence electrons. The molecule has 0 saturated heterocycles. The number of anilines is 1. The van der Waals surface area contributed by atoms with Crippen LogP contribution in [0.5, 0.6) is 0 Å². The zero-order valence-electron chi connectivity index (χ0n) is 9.01. The molecular formula is C11H15BrFNO. The van der Waals surface area contributed by atoms with E-state index in [1.165, 1.54) is 6.07 Å². The summed E-state index contributed by atoms with van der Waals surface area (Å²) in [6.45, 7) is 5.17. The second kappa shape index (κ2) is 4.49. The van der Waals surface area contributed by atoms with Gasteiger partial charge < -0.3 is 10.4 Å². The Hall–Kier alpha value is -0.610. The highest BCUT2D eigenvalue weighted by Gasteiger charge is 2.22. The minimum atomic E-state index is -0.894. The molecule has 0 fully saturated rings. The average Bonchev–Trinajstić information content (AvgIpc) is 2.09. The van der Waals surface area contributed by atoms with Crippen LogP contribution in [-0.2, 0) is 0 Å². The predicted molar refractivity (Wildman–Crippen MR) is 63.5 cm³/mol. The quantitative estimate of drug-likeness (QED) is 0.888. The summed E-state index contributed by atoms with van der Waals surface area (Å²) in [5.41, 5.74) is -0.506. The van der Waals surface area contributed by atoms with Crippen molar-refractivity contribution in [2.45, 2.75) is 32.4 Å². The van der Waals surface area contributed by atoms with Gasteiger partial charge in [-0.2, -0.15) is 0 Å². The summed E-state index contributed by atoms with van der Waals surface area (Å²) >= 11 is 3.27. The Morgan fingerprint density at radius 1 is 1.47 bits per heavy atom. The first kappa shape index (κ1) is 12.5. The largest absolute Gasteiger partial charge is 0.388 e. The fourth-order valence-electron chi connectivity index (χ4n) is 1.02. The Morgan fingerprint density at radius 2 is 2.07 bits per heavy atom. The van der Waals surface area contributed by atoms with E-state index in [1.54, 1.807) is 32.9 Å². The van der Waals surface area contributed by atoms with E-state index >= 15 is 0 Å². The van der Waals surface area contributed by atoms with Crippen molar-refractivity contribution in [1.29, 1.82) is 0 Å². The fraction of sp³-hybridized carbons (Fsp3) is 0.455. The van der Waals surface area contributed by atoms with Crippen molar-refractivity contribution in [2.24, 2.45) is 0 Å². The van der Waals surface area contributed by atoms with Gasteiger partial charge in [-0.25, -0.2) is 4.39 Å². The van der Waals surface area contributed by atoms with Crippen LogP contribution in [0.25, 0.3) is 0 Å². The van der Waals surface area contributed by atoms with Gasteiger partial charge in [0.1, 0.15) is 5.82 Å². The molecule has 0 amide bonds. The fourth-order valence-corrected chi connectivity index (χ4v) is 1.38. The summed E-state index contributed by atoms with van der Waals surface area (Å²) < 4.78 is 14.2. The second-order valence-corrected chi connectivity index (χ2v) is 5.06. The molecule has 0 heterocycles. The van der Waals surface area contributed by atoms with Crippen LogP contribution >= 0.6 is 15.9 Å². The molecule has 1 unspecified atom stereocenters. The third kappa shape index (κ3) is 3.47. The molecule has 0 bridgehead atoms. The Labute approximate surface area is 97.6 Å². The molecule has 0 aliphatic rings. The van der Waals surface area contributed by atoms with Gasteiger partial charge in [-0.05, 0) is 39.0 Å².